The zero-order valence-corrected chi connectivity index (χ0v) is 13.0. The number of nitrogens with zero attached hydrogens (tertiary/aromatic N) is 1. The first kappa shape index (κ1) is 16.8. The maximum atomic E-state index is 11.8. The second-order valence-corrected chi connectivity index (χ2v) is 5.41. The standard InChI is InChI=1S/C16H21N3O4/c1-23-13-9-5-6-11(14(13)20)10-17-19-16(22)15(21)18-12-7-3-2-4-8-12/h5-6,9-10,12,20H,2-4,7-8H2,1H3,(H,18,21)(H,19,22)/b17-10-. The molecule has 23 heavy (non-hydrogen) atoms. The van der Waals surface area contributed by atoms with Gasteiger partial charge < -0.3 is 15.2 Å². The zero-order chi connectivity index (χ0) is 16.7. The summed E-state index contributed by atoms with van der Waals surface area (Å²) in [5, 5.41) is 16.3. The fraction of sp³-hybridized carbons (Fsp3) is 0.438. The van der Waals surface area contributed by atoms with Crippen molar-refractivity contribution < 1.29 is 19.4 Å². The highest BCUT2D eigenvalue weighted by Gasteiger charge is 2.19. The first-order chi connectivity index (χ1) is 11.1. The molecule has 1 aromatic carbocycles. The van der Waals surface area contributed by atoms with E-state index >= 15 is 0 Å². The number of carbonyl (C=O) groups is 2. The van der Waals surface area contributed by atoms with Gasteiger partial charge in [0.05, 0.1) is 13.3 Å². The second-order valence-electron chi connectivity index (χ2n) is 5.41. The number of methoxy groups -OCH3 is 1. The van der Waals surface area contributed by atoms with Crippen molar-refractivity contribution in [3.05, 3.63) is 23.8 Å². The van der Waals surface area contributed by atoms with Gasteiger partial charge >= 0.3 is 11.8 Å². The third-order valence-electron chi connectivity index (χ3n) is 3.77. The molecule has 0 aliphatic heterocycles. The van der Waals surface area contributed by atoms with Crippen LogP contribution in [0, 0.1) is 0 Å². The van der Waals surface area contributed by atoms with Gasteiger partial charge in [-0.2, -0.15) is 5.10 Å². The van der Waals surface area contributed by atoms with Gasteiger partial charge in [-0.05, 0) is 25.0 Å². The van der Waals surface area contributed by atoms with Crippen LogP contribution in [-0.2, 0) is 9.59 Å². The van der Waals surface area contributed by atoms with Crippen molar-refractivity contribution in [3.63, 3.8) is 0 Å². The minimum atomic E-state index is -0.825. The summed E-state index contributed by atoms with van der Waals surface area (Å²) < 4.78 is 4.97. The number of benzene rings is 1. The highest BCUT2D eigenvalue weighted by molar-refractivity contribution is 6.35. The van der Waals surface area contributed by atoms with Crippen molar-refractivity contribution in [1.82, 2.24) is 10.7 Å². The summed E-state index contributed by atoms with van der Waals surface area (Å²) in [5.74, 6) is -1.30. The minimum Gasteiger partial charge on any atom is -0.504 e. The summed E-state index contributed by atoms with van der Waals surface area (Å²) >= 11 is 0. The number of rotatable bonds is 4. The average molecular weight is 319 g/mol. The van der Waals surface area contributed by atoms with Gasteiger partial charge in [-0.1, -0.05) is 25.3 Å². The third-order valence-corrected chi connectivity index (χ3v) is 3.77. The van der Waals surface area contributed by atoms with E-state index in [2.05, 4.69) is 15.8 Å². The molecule has 1 aromatic rings. The number of hydrazone groups is 1. The molecule has 0 unspecified atom stereocenters. The first-order valence-electron chi connectivity index (χ1n) is 7.61. The molecule has 7 nitrogen and oxygen atoms in total. The van der Waals surface area contributed by atoms with Crippen molar-refractivity contribution in [2.75, 3.05) is 7.11 Å². The van der Waals surface area contributed by atoms with Crippen molar-refractivity contribution in [2.45, 2.75) is 38.1 Å². The molecule has 0 radical (unpaired) electrons. The van der Waals surface area contributed by atoms with Crippen LogP contribution >= 0.6 is 0 Å². The molecule has 1 fully saturated rings. The van der Waals surface area contributed by atoms with E-state index in [4.69, 9.17) is 4.74 Å². The SMILES string of the molecule is COc1cccc(/C=N\NC(=O)C(=O)NC2CCCCC2)c1O. The van der Waals surface area contributed by atoms with Gasteiger partial charge in [0.2, 0.25) is 0 Å². The number of nitrogens with one attached hydrogen (secondary N) is 2. The van der Waals surface area contributed by atoms with Gasteiger partial charge in [0, 0.05) is 11.6 Å². The van der Waals surface area contributed by atoms with Gasteiger partial charge in [0.1, 0.15) is 0 Å². The fourth-order valence-corrected chi connectivity index (χ4v) is 2.52. The van der Waals surface area contributed by atoms with E-state index in [1.165, 1.54) is 19.7 Å². The van der Waals surface area contributed by atoms with Crippen LogP contribution in [0.5, 0.6) is 11.5 Å². The number of phenolic OH excluding ortho intramolecular Hbond substituents is 1. The summed E-state index contributed by atoms with van der Waals surface area (Å²) in [6.07, 6.45) is 6.37. The molecular formula is C16H21N3O4. The molecule has 2 rings (SSSR count). The summed E-state index contributed by atoms with van der Waals surface area (Å²) in [4.78, 5) is 23.4. The van der Waals surface area contributed by atoms with Gasteiger partial charge in [0.25, 0.3) is 0 Å². The van der Waals surface area contributed by atoms with Gasteiger partial charge in [-0.3, -0.25) is 9.59 Å². The van der Waals surface area contributed by atoms with E-state index in [0.29, 0.717) is 11.3 Å². The Morgan fingerprint density at radius 3 is 2.70 bits per heavy atom. The van der Waals surface area contributed by atoms with Gasteiger partial charge in [-0.25, -0.2) is 5.43 Å². The Labute approximate surface area is 134 Å². The number of amides is 2. The summed E-state index contributed by atoms with van der Waals surface area (Å²) in [7, 11) is 1.44. The molecule has 7 heteroatoms. The zero-order valence-electron chi connectivity index (χ0n) is 13.0. The molecule has 3 N–H and O–H groups in total. The van der Waals surface area contributed by atoms with Crippen LogP contribution in [0.2, 0.25) is 0 Å². The summed E-state index contributed by atoms with van der Waals surface area (Å²) in [6.45, 7) is 0. The van der Waals surface area contributed by atoms with Crippen molar-refractivity contribution in [3.8, 4) is 11.5 Å². The van der Waals surface area contributed by atoms with E-state index in [9.17, 15) is 14.7 Å². The van der Waals surface area contributed by atoms with Crippen molar-refractivity contribution >= 4 is 18.0 Å². The van der Waals surface area contributed by atoms with Crippen LogP contribution in [0.4, 0.5) is 0 Å². The molecule has 0 bridgehead atoms. The highest BCUT2D eigenvalue weighted by Crippen LogP contribution is 2.27. The quantitative estimate of drug-likeness (QED) is 0.442. The van der Waals surface area contributed by atoms with E-state index < -0.39 is 11.8 Å². The molecule has 0 atom stereocenters. The number of phenols is 1. The maximum Gasteiger partial charge on any atom is 0.329 e. The molecule has 0 saturated heterocycles. The normalized spacial score (nSPS) is 15.3. The number of hydrogen-bond donors (Lipinski definition) is 3. The Kier molecular flexibility index (Phi) is 5.96. The predicted molar refractivity (Wildman–Crippen MR) is 85.4 cm³/mol. The van der Waals surface area contributed by atoms with E-state index in [1.54, 1.807) is 18.2 Å². The minimum absolute atomic E-state index is 0.0633. The molecule has 0 heterocycles. The lowest BCUT2D eigenvalue weighted by Gasteiger charge is -2.22. The van der Waals surface area contributed by atoms with Crippen LogP contribution in [-0.4, -0.2) is 36.3 Å². The molecule has 1 aliphatic carbocycles. The van der Waals surface area contributed by atoms with E-state index in [1.807, 2.05) is 0 Å². The summed E-state index contributed by atoms with van der Waals surface area (Å²) in [6, 6.07) is 4.95. The van der Waals surface area contributed by atoms with Gasteiger partial charge in [0.15, 0.2) is 11.5 Å². The number of hydrogen-bond acceptors (Lipinski definition) is 5. The first-order valence-corrected chi connectivity index (χ1v) is 7.61. The Morgan fingerprint density at radius 2 is 2.00 bits per heavy atom. The average Bonchev–Trinajstić information content (AvgIpc) is 2.57. The number of ether oxygens (including phenoxy) is 1. The predicted octanol–water partition coefficient (Wildman–Crippen LogP) is 1.30. The molecule has 0 spiro atoms. The van der Waals surface area contributed by atoms with Crippen molar-refractivity contribution in [2.24, 2.45) is 5.10 Å². The number of aromatic hydroxyl groups is 1. The monoisotopic (exact) mass is 319 g/mol. The smallest absolute Gasteiger partial charge is 0.329 e. The molecule has 1 saturated carbocycles. The van der Waals surface area contributed by atoms with Crippen LogP contribution in [0.15, 0.2) is 23.3 Å². The number of carbonyl (C=O) groups excluding carboxylic acids is 2. The lowest BCUT2D eigenvalue weighted by Crippen LogP contribution is -2.44. The third kappa shape index (κ3) is 4.70. The Hall–Kier alpha value is -2.57. The van der Waals surface area contributed by atoms with Crippen LogP contribution in [0.25, 0.3) is 0 Å². The number of para-hydroxylation sites is 1. The Bertz CT molecular complexity index is 595. The Balaban J connectivity index is 1.87. The second kappa shape index (κ2) is 8.17. The maximum absolute atomic E-state index is 11.8. The molecule has 2 amide bonds. The van der Waals surface area contributed by atoms with Gasteiger partial charge in [-0.15, -0.1) is 0 Å². The molecule has 0 aromatic heterocycles. The Morgan fingerprint density at radius 1 is 1.26 bits per heavy atom. The van der Waals surface area contributed by atoms with E-state index in [0.717, 1.165) is 25.7 Å². The van der Waals surface area contributed by atoms with Crippen LogP contribution in [0.3, 0.4) is 0 Å². The topological polar surface area (TPSA) is 100 Å². The van der Waals surface area contributed by atoms with Crippen molar-refractivity contribution in [1.29, 1.82) is 0 Å². The van der Waals surface area contributed by atoms with E-state index in [-0.39, 0.29) is 11.8 Å². The lowest BCUT2D eigenvalue weighted by atomic mass is 9.95. The molecule has 1 aliphatic rings. The largest absolute Gasteiger partial charge is 0.504 e. The molecular weight excluding hydrogens is 298 g/mol. The van der Waals surface area contributed by atoms with Crippen LogP contribution in [0.1, 0.15) is 37.7 Å². The highest BCUT2D eigenvalue weighted by atomic mass is 16.5. The van der Waals surface area contributed by atoms with Crippen LogP contribution < -0.4 is 15.5 Å². The molecule has 124 valence electrons. The summed E-state index contributed by atoms with van der Waals surface area (Å²) in [5.41, 5.74) is 2.52. The lowest BCUT2D eigenvalue weighted by molar-refractivity contribution is -0.139. The fourth-order valence-electron chi connectivity index (χ4n) is 2.52.